The minimum absolute atomic E-state index is 0.240. The highest BCUT2D eigenvalue weighted by molar-refractivity contribution is 5.76. The van der Waals surface area contributed by atoms with Crippen LogP contribution < -0.4 is 5.73 Å². The van der Waals surface area contributed by atoms with Crippen molar-refractivity contribution in [1.29, 1.82) is 0 Å². The number of nitrogens with two attached hydrogens (primary N) is 1. The van der Waals surface area contributed by atoms with Gasteiger partial charge in [-0.05, 0) is 50.9 Å². The molecule has 4 heteroatoms. The Morgan fingerprint density at radius 1 is 1.30 bits per heavy atom. The normalized spacial score (nSPS) is 30.2. The second kappa shape index (κ2) is 7.41. The van der Waals surface area contributed by atoms with Crippen LogP contribution in [0.1, 0.15) is 58.3 Å². The molecule has 0 radical (unpaired) electrons. The van der Waals surface area contributed by atoms with Gasteiger partial charge in [-0.3, -0.25) is 4.79 Å². The van der Waals surface area contributed by atoms with Gasteiger partial charge in [-0.25, -0.2) is 0 Å². The summed E-state index contributed by atoms with van der Waals surface area (Å²) in [6, 6.07) is 0.352. The number of likely N-dealkylation sites (tertiary alicyclic amines) is 1. The highest BCUT2D eigenvalue weighted by atomic mass is 16.3. The zero-order valence-corrected chi connectivity index (χ0v) is 12.8. The van der Waals surface area contributed by atoms with Crippen LogP contribution in [0.25, 0.3) is 0 Å². The molecule has 3 unspecified atom stereocenters. The van der Waals surface area contributed by atoms with Gasteiger partial charge in [-0.1, -0.05) is 12.8 Å². The van der Waals surface area contributed by atoms with E-state index in [1.165, 1.54) is 12.8 Å². The zero-order valence-electron chi connectivity index (χ0n) is 12.8. The Hall–Kier alpha value is -0.610. The van der Waals surface area contributed by atoms with E-state index in [0.717, 1.165) is 45.2 Å². The van der Waals surface area contributed by atoms with E-state index in [0.29, 0.717) is 30.2 Å². The van der Waals surface area contributed by atoms with Gasteiger partial charge in [0.2, 0.25) is 5.91 Å². The van der Waals surface area contributed by atoms with Crippen LogP contribution in [0.15, 0.2) is 0 Å². The van der Waals surface area contributed by atoms with Gasteiger partial charge in [0.25, 0.3) is 0 Å². The van der Waals surface area contributed by atoms with Gasteiger partial charge in [0.15, 0.2) is 0 Å². The third-order valence-electron chi connectivity index (χ3n) is 5.16. The molecule has 1 saturated carbocycles. The standard InChI is InChI=1S/C16H30N2O2/c1-12(19)14-7-9-18(10-8-14)16(20)6-5-13-3-2-4-15(17)11-13/h12-15,19H,2-11,17H2,1H3. The molecule has 0 spiro atoms. The summed E-state index contributed by atoms with van der Waals surface area (Å²) in [7, 11) is 0. The van der Waals surface area contributed by atoms with E-state index in [-0.39, 0.29) is 6.10 Å². The average Bonchev–Trinajstić information content (AvgIpc) is 2.45. The molecule has 20 heavy (non-hydrogen) atoms. The van der Waals surface area contributed by atoms with E-state index in [1.807, 2.05) is 11.8 Å². The molecule has 0 aromatic carbocycles. The maximum atomic E-state index is 12.2. The van der Waals surface area contributed by atoms with Crippen LogP contribution >= 0.6 is 0 Å². The molecule has 1 saturated heterocycles. The monoisotopic (exact) mass is 282 g/mol. The first-order valence-corrected chi connectivity index (χ1v) is 8.27. The van der Waals surface area contributed by atoms with Crippen molar-refractivity contribution in [2.45, 2.75) is 70.4 Å². The molecule has 1 heterocycles. The summed E-state index contributed by atoms with van der Waals surface area (Å²) in [5.41, 5.74) is 6.00. The lowest BCUT2D eigenvalue weighted by atomic mass is 9.83. The van der Waals surface area contributed by atoms with Crippen molar-refractivity contribution in [2.75, 3.05) is 13.1 Å². The summed E-state index contributed by atoms with van der Waals surface area (Å²) in [6.45, 7) is 3.49. The summed E-state index contributed by atoms with van der Waals surface area (Å²) >= 11 is 0. The molecule has 3 N–H and O–H groups in total. The molecule has 0 bridgehead atoms. The van der Waals surface area contributed by atoms with E-state index in [4.69, 9.17) is 5.73 Å². The number of aliphatic hydroxyl groups excluding tert-OH is 1. The van der Waals surface area contributed by atoms with Crippen LogP contribution in [0.2, 0.25) is 0 Å². The molecule has 4 nitrogen and oxygen atoms in total. The van der Waals surface area contributed by atoms with Crippen molar-refractivity contribution in [2.24, 2.45) is 17.6 Å². The maximum Gasteiger partial charge on any atom is 0.222 e. The fourth-order valence-electron chi connectivity index (χ4n) is 3.71. The summed E-state index contributed by atoms with van der Waals surface area (Å²) < 4.78 is 0. The number of carbonyl (C=O) groups excluding carboxylic acids is 1. The number of amides is 1. The van der Waals surface area contributed by atoms with Crippen molar-refractivity contribution in [3.63, 3.8) is 0 Å². The van der Waals surface area contributed by atoms with Gasteiger partial charge >= 0.3 is 0 Å². The van der Waals surface area contributed by atoms with Gasteiger partial charge < -0.3 is 15.7 Å². The lowest BCUT2D eigenvalue weighted by Gasteiger charge is -2.34. The number of hydrogen-bond donors (Lipinski definition) is 2. The van der Waals surface area contributed by atoms with Crippen molar-refractivity contribution in [3.05, 3.63) is 0 Å². The average molecular weight is 282 g/mol. The van der Waals surface area contributed by atoms with Crippen LogP contribution in [-0.2, 0) is 4.79 Å². The largest absolute Gasteiger partial charge is 0.393 e. The van der Waals surface area contributed by atoms with Crippen LogP contribution in [-0.4, -0.2) is 41.1 Å². The van der Waals surface area contributed by atoms with E-state index in [1.54, 1.807) is 0 Å². The Morgan fingerprint density at radius 3 is 2.60 bits per heavy atom. The third kappa shape index (κ3) is 4.45. The van der Waals surface area contributed by atoms with Gasteiger partial charge in [-0.2, -0.15) is 0 Å². The van der Waals surface area contributed by atoms with Crippen LogP contribution in [0.4, 0.5) is 0 Å². The minimum Gasteiger partial charge on any atom is -0.393 e. The Kier molecular flexibility index (Phi) is 5.85. The number of rotatable bonds is 4. The third-order valence-corrected chi connectivity index (χ3v) is 5.16. The van der Waals surface area contributed by atoms with E-state index in [2.05, 4.69) is 0 Å². The number of hydrogen-bond acceptors (Lipinski definition) is 3. The number of carbonyl (C=O) groups is 1. The Bertz CT molecular complexity index is 312. The van der Waals surface area contributed by atoms with E-state index >= 15 is 0 Å². The topological polar surface area (TPSA) is 66.6 Å². The molecule has 0 aromatic rings. The highest BCUT2D eigenvalue weighted by Gasteiger charge is 2.26. The van der Waals surface area contributed by atoms with Crippen molar-refractivity contribution in [1.82, 2.24) is 4.90 Å². The summed E-state index contributed by atoms with van der Waals surface area (Å²) in [5.74, 6) is 1.32. The van der Waals surface area contributed by atoms with Crippen LogP contribution in [0.5, 0.6) is 0 Å². The molecule has 1 amide bonds. The Balaban J connectivity index is 1.68. The van der Waals surface area contributed by atoms with E-state index in [9.17, 15) is 9.90 Å². The summed E-state index contributed by atoms with van der Waals surface area (Å²) in [5, 5.41) is 9.59. The first kappa shape index (κ1) is 15.8. The van der Waals surface area contributed by atoms with Gasteiger partial charge in [-0.15, -0.1) is 0 Å². The molecule has 1 aliphatic heterocycles. The number of aliphatic hydroxyl groups is 1. The van der Waals surface area contributed by atoms with Crippen LogP contribution in [0, 0.1) is 11.8 Å². The number of piperidine rings is 1. The first-order valence-electron chi connectivity index (χ1n) is 8.27. The predicted molar refractivity (Wildman–Crippen MR) is 80.2 cm³/mol. The molecular formula is C16H30N2O2. The van der Waals surface area contributed by atoms with Crippen molar-refractivity contribution >= 4 is 5.91 Å². The van der Waals surface area contributed by atoms with Gasteiger partial charge in [0.1, 0.15) is 0 Å². The molecule has 1 aliphatic carbocycles. The number of nitrogens with zero attached hydrogens (tertiary/aromatic N) is 1. The van der Waals surface area contributed by atoms with Gasteiger partial charge in [0, 0.05) is 25.6 Å². The lowest BCUT2D eigenvalue weighted by molar-refractivity contribution is -0.133. The Morgan fingerprint density at radius 2 is 2.00 bits per heavy atom. The predicted octanol–water partition coefficient (Wildman–Crippen LogP) is 1.90. The molecule has 116 valence electrons. The molecule has 0 aromatic heterocycles. The van der Waals surface area contributed by atoms with Crippen molar-refractivity contribution < 1.29 is 9.90 Å². The molecule has 3 atom stereocenters. The summed E-state index contributed by atoms with van der Waals surface area (Å²) in [4.78, 5) is 14.2. The fraction of sp³-hybridized carbons (Fsp3) is 0.938. The van der Waals surface area contributed by atoms with Gasteiger partial charge in [0.05, 0.1) is 6.10 Å². The fourth-order valence-corrected chi connectivity index (χ4v) is 3.71. The van der Waals surface area contributed by atoms with Crippen molar-refractivity contribution in [3.8, 4) is 0 Å². The minimum atomic E-state index is -0.240. The lowest BCUT2D eigenvalue weighted by Crippen LogP contribution is -2.41. The second-order valence-electron chi connectivity index (χ2n) is 6.79. The quantitative estimate of drug-likeness (QED) is 0.827. The smallest absolute Gasteiger partial charge is 0.222 e. The molecule has 2 aliphatic rings. The summed E-state index contributed by atoms with van der Waals surface area (Å²) in [6.07, 6.45) is 8.03. The van der Waals surface area contributed by atoms with E-state index < -0.39 is 0 Å². The second-order valence-corrected chi connectivity index (χ2v) is 6.79. The van der Waals surface area contributed by atoms with Crippen LogP contribution in [0.3, 0.4) is 0 Å². The molecule has 2 fully saturated rings. The molecular weight excluding hydrogens is 252 g/mol. The molecule has 2 rings (SSSR count). The maximum absolute atomic E-state index is 12.2. The Labute approximate surface area is 122 Å². The first-order chi connectivity index (χ1) is 9.56. The highest BCUT2D eigenvalue weighted by Crippen LogP contribution is 2.28. The SMILES string of the molecule is CC(O)C1CCN(C(=O)CCC2CCCC(N)C2)CC1. The zero-order chi connectivity index (χ0) is 14.5.